The summed E-state index contributed by atoms with van der Waals surface area (Å²) < 4.78 is 0. The van der Waals surface area contributed by atoms with Crippen molar-refractivity contribution in [2.75, 3.05) is 11.6 Å². The van der Waals surface area contributed by atoms with Crippen molar-refractivity contribution >= 4 is 29.2 Å². The van der Waals surface area contributed by atoms with Crippen LogP contribution in [0.2, 0.25) is 5.02 Å². The third kappa shape index (κ3) is 3.37. The minimum atomic E-state index is 0.469. The molecule has 0 atom stereocenters. The number of nitrogens with one attached hydrogen (secondary N) is 1. The number of thioether (sulfide) groups is 1. The Hall–Kier alpha value is -1.77. The van der Waals surface area contributed by atoms with E-state index in [9.17, 15) is 0 Å². The fourth-order valence-electron chi connectivity index (χ4n) is 1.59. The number of hydrogen-bond donors (Lipinski definition) is 1. The zero-order valence-electron chi connectivity index (χ0n) is 10.2. The molecule has 4 nitrogen and oxygen atoms in total. The number of nitriles is 1. The van der Waals surface area contributed by atoms with Gasteiger partial charge in [-0.1, -0.05) is 23.7 Å². The number of rotatable bonds is 4. The molecule has 0 unspecified atom stereocenters. The topological polar surface area (TPSA) is 61.6 Å². The first-order valence-electron chi connectivity index (χ1n) is 5.52. The lowest BCUT2D eigenvalue weighted by molar-refractivity contribution is 1.00. The first-order chi connectivity index (χ1) is 9.24. The molecule has 0 aliphatic rings. The van der Waals surface area contributed by atoms with Crippen LogP contribution < -0.4 is 5.32 Å². The highest BCUT2D eigenvalue weighted by Gasteiger charge is 2.09. The zero-order valence-corrected chi connectivity index (χ0v) is 11.8. The summed E-state index contributed by atoms with van der Waals surface area (Å²) in [5.41, 5.74) is 1.50. The molecule has 0 aliphatic heterocycles. The van der Waals surface area contributed by atoms with E-state index >= 15 is 0 Å². The Balaban J connectivity index is 2.18. The van der Waals surface area contributed by atoms with Crippen LogP contribution in [0.5, 0.6) is 0 Å². The Morgan fingerprint density at radius 2 is 2.26 bits per heavy atom. The maximum Gasteiger partial charge on any atom is 0.148 e. The molecule has 0 amide bonds. The smallest absolute Gasteiger partial charge is 0.148 e. The minimum absolute atomic E-state index is 0.469. The SMILES string of the molecule is CSc1ncnc(NCc2cccc(Cl)c2)c1C#N. The van der Waals surface area contributed by atoms with Gasteiger partial charge in [-0.15, -0.1) is 11.8 Å². The normalized spacial score (nSPS) is 9.95. The Labute approximate surface area is 120 Å². The lowest BCUT2D eigenvalue weighted by atomic mass is 10.2. The second-order valence-electron chi connectivity index (χ2n) is 3.70. The van der Waals surface area contributed by atoms with Crippen LogP contribution in [0.1, 0.15) is 11.1 Å². The zero-order chi connectivity index (χ0) is 13.7. The van der Waals surface area contributed by atoms with E-state index in [-0.39, 0.29) is 0 Å². The van der Waals surface area contributed by atoms with E-state index in [1.165, 1.54) is 18.1 Å². The number of aromatic nitrogens is 2. The molecule has 2 aromatic rings. The maximum atomic E-state index is 9.17. The van der Waals surface area contributed by atoms with Crippen LogP contribution in [0.15, 0.2) is 35.6 Å². The molecule has 0 spiro atoms. The van der Waals surface area contributed by atoms with E-state index in [1.54, 1.807) is 0 Å². The van der Waals surface area contributed by atoms with Gasteiger partial charge < -0.3 is 5.32 Å². The second kappa shape index (κ2) is 6.41. The molecule has 6 heteroatoms. The van der Waals surface area contributed by atoms with Crippen LogP contribution in [-0.2, 0) is 6.54 Å². The molecule has 1 heterocycles. The molecule has 19 heavy (non-hydrogen) atoms. The van der Waals surface area contributed by atoms with Crippen molar-refractivity contribution in [3.05, 3.63) is 46.7 Å². The molecular formula is C13H11ClN4S. The van der Waals surface area contributed by atoms with Gasteiger partial charge in [-0.2, -0.15) is 5.26 Å². The molecule has 1 aromatic carbocycles. The van der Waals surface area contributed by atoms with E-state index in [0.717, 1.165) is 5.56 Å². The fraction of sp³-hybridized carbons (Fsp3) is 0.154. The lowest BCUT2D eigenvalue weighted by Gasteiger charge is -2.08. The van der Waals surface area contributed by atoms with Crippen LogP contribution in [-0.4, -0.2) is 16.2 Å². The van der Waals surface area contributed by atoms with Crippen molar-refractivity contribution in [3.8, 4) is 6.07 Å². The molecule has 96 valence electrons. The van der Waals surface area contributed by atoms with Crippen LogP contribution in [0.25, 0.3) is 0 Å². The Bertz CT molecular complexity index is 624. The van der Waals surface area contributed by atoms with Crippen molar-refractivity contribution in [2.24, 2.45) is 0 Å². The van der Waals surface area contributed by atoms with Crippen LogP contribution >= 0.6 is 23.4 Å². The van der Waals surface area contributed by atoms with Gasteiger partial charge in [0.1, 0.15) is 28.8 Å². The van der Waals surface area contributed by atoms with Crippen molar-refractivity contribution in [1.82, 2.24) is 9.97 Å². The van der Waals surface area contributed by atoms with Crippen molar-refractivity contribution in [1.29, 1.82) is 5.26 Å². The average Bonchev–Trinajstić information content (AvgIpc) is 2.44. The van der Waals surface area contributed by atoms with Gasteiger partial charge in [-0.05, 0) is 24.0 Å². The van der Waals surface area contributed by atoms with E-state index in [2.05, 4.69) is 21.4 Å². The Morgan fingerprint density at radius 3 is 2.95 bits per heavy atom. The lowest BCUT2D eigenvalue weighted by Crippen LogP contribution is -2.05. The summed E-state index contributed by atoms with van der Waals surface area (Å²) in [5.74, 6) is 0.543. The molecular weight excluding hydrogens is 280 g/mol. The number of halogens is 1. The molecule has 0 aliphatic carbocycles. The third-order valence-electron chi connectivity index (χ3n) is 2.47. The molecule has 1 aromatic heterocycles. The van der Waals surface area contributed by atoms with E-state index in [1.807, 2.05) is 30.5 Å². The standard InChI is InChI=1S/C13H11ClN4S/c1-19-13-11(6-15)12(17-8-18-13)16-7-9-3-2-4-10(14)5-9/h2-5,8H,7H2,1H3,(H,16,17,18). The Morgan fingerprint density at radius 1 is 1.42 bits per heavy atom. The van der Waals surface area contributed by atoms with Crippen molar-refractivity contribution < 1.29 is 0 Å². The molecule has 1 N–H and O–H groups in total. The van der Waals surface area contributed by atoms with E-state index in [0.29, 0.717) is 28.0 Å². The largest absolute Gasteiger partial charge is 0.365 e. The van der Waals surface area contributed by atoms with Crippen LogP contribution in [0.3, 0.4) is 0 Å². The molecule has 0 saturated heterocycles. The molecule has 0 bridgehead atoms. The Kier molecular flexibility index (Phi) is 4.61. The summed E-state index contributed by atoms with van der Waals surface area (Å²) in [4.78, 5) is 8.17. The predicted octanol–water partition coefficient (Wildman–Crippen LogP) is 3.34. The number of hydrogen-bond acceptors (Lipinski definition) is 5. The first-order valence-corrected chi connectivity index (χ1v) is 7.12. The summed E-state index contributed by atoms with van der Waals surface area (Å²) >= 11 is 7.35. The highest BCUT2D eigenvalue weighted by Crippen LogP contribution is 2.22. The van der Waals surface area contributed by atoms with E-state index in [4.69, 9.17) is 16.9 Å². The summed E-state index contributed by atoms with van der Waals surface area (Å²) in [6.07, 6.45) is 3.33. The van der Waals surface area contributed by atoms with Gasteiger partial charge in [0.05, 0.1) is 0 Å². The maximum absolute atomic E-state index is 9.17. The predicted molar refractivity (Wildman–Crippen MR) is 77.3 cm³/mol. The number of nitrogens with zero attached hydrogens (tertiary/aromatic N) is 3. The van der Waals surface area contributed by atoms with Gasteiger partial charge in [0.2, 0.25) is 0 Å². The summed E-state index contributed by atoms with van der Waals surface area (Å²) in [6, 6.07) is 9.67. The minimum Gasteiger partial charge on any atom is -0.365 e. The third-order valence-corrected chi connectivity index (χ3v) is 3.40. The molecule has 2 rings (SSSR count). The van der Waals surface area contributed by atoms with Crippen LogP contribution in [0, 0.1) is 11.3 Å². The molecule has 0 fully saturated rings. The number of benzene rings is 1. The summed E-state index contributed by atoms with van der Waals surface area (Å²) in [6.45, 7) is 0.556. The van der Waals surface area contributed by atoms with Gasteiger partial charge in [0, 0.05) is 11.6 Å². The summed E-state index contributed by atoms with van der Waals surface area (Å²) in [5, 5.41) is 13.7. The molecule has 0 saturated carbocycles. The molecule has 0 radical (unpaired) electrons. The highest BCUT2D eigenvalue weighted by molar-refractivity contribution is 7.98. The first kappa shape index (κ1) is 13.7. The van der Waals surface area contributed by atoms with Crippen molar-refractivity contribution in [3.63, 3.8) is 0 Å². The second-order valence-corrected chi connectivity index (χ2v) is 4.93. The van der Waals surface area contributed by atoms with Gasteiger partial charge in [0.15, 0.2) is 0 Å². The van der Waals surface area contributed by atoms with Gasteiger partial charge in [0.25, 0.3) is 0 Å². The van der Waals surface area contributed by atoms with Gasteiger partial charge in [-0.25, -0.2) is 9.97 Å². The number of anilines is 1. The highest BCUT2D eigenvalue weighted by atomic mass is 35.5. The fourth-order valence-corrected chi connectivity index (χ4v) is 2.30. The monoisotopic (exact) mass is 290 g/mol. The van der Waals surface area contributed by atoms with Crippen molar-refractivity contribution in [2.45, 2.75) is 11.6 Å². The van der Waals surface area contributed by atoms with Gasteiger partial charge >= 0.3 is 0 Å². The van der Waals surface area contributed by atoms with Crippen LogP contribution in [0.4, 0.5) is 5.82 Å². The van der Waals surface area contributed by atoms with Gasteiger partial charge in [-0.3, -0.25) is 0 Å². The quantitative estimate of drug-likeness (QED) is 0.691. The average molecular weight is 291 g/mol. The van der Waals surface area contributed by atoms with E-state index < -0.39 is 0 Å². The summed E-state index contributed by atoms with van der Waals surface area (Å²) in [7, 11) is 0.